The van der Waals surface area contributed by atoms with Crippen LogP contribution in [0, 0.1) is 17.3 Å². The van der Waals surface area contributed by atoms with Crippen molar-refractivity contribution in [1.82, 2.24) is 9.80 Å². The minimum Gasteiger partial charge on any atom is -0.520 e. The van der Waals surface area contributed by atoms with Crippen LogP contribution in [0.5, 0.6) is 0 Å². The van der Waals surface area contributed by atoms with Crippen molar-refractivity contribution >= 4 is 29.6 Å². The third kappa shape index (κ3) is 9.94. The third-order valence-corrected chi connectivity index (χ3v) is 7.97. The fraction of sp³-hybridized carbons (Fsp3) is 0.741. The van der Waals surface area contributed by atoms with Gasteiger partial charge in [0.1, 0.15) is 0 Å². The molecule has 1 atom stereocenters. The molecule has 6 heteroatoms. The molecule has 1 aliphatic rings. The maximum absolute atomic E-state index is 10.7. The number of hydrogen-bond donors (Lipinski definition) is 0. The van der Waals surface area contributed by atoms with Gasteiger partial charge >= 0.3 is 0 Å². The molecule has 0 N–H and O–H groups in total. The van der Waals surface area contributed by atoms with Crippen LogP contribution >= 0.6 is 23.2 Å². The third-order valence-electron chi connectivity index (χ3n) is 7.11. The first-order valence-electron chi connectivity index (χ1n) is 12.5. The van der Waals surface area contributed by atoms with Crippen LogP contribution in [-0.2, 0) is 11.2 Å². The maximum atomic E-state index is 10.7. The van der Waals surface area contributed by atoms with Crippen molar-refractivity contribution in [3.05, 3.63) is 33.8 Å². The van der Waals surface area contributed by atoms with Gasteiger partial charge in [0.25, 0.3) is 0 Å². The van der Waals surface area contributed by atoms with E-state index in [0.717, 1.165) is 50.3 Å². The fourth-order valence-electron chi connectivity index (χ4n) is 4.68. The van der Waals surface area contributed by atoms with Gasteiger partial charge in [0, 0.05) is 6.54 Å². The summed E-state index contributed by atoms with van der Waals surface area (Å²) in [6, 6.07) is 5.75. The van der Waals surface area contributed by atoms with Crippen molar-refractivity contribution in [2.24, 2.45) is 17.3 Å². The summed E-state index contributed by atoms with van der Waals surface area (Å²) >= 11 is 11.8. The van der Waals surface area contributed by atoms with Crippen molar-refractivity contribution in [2.75, 3.05) is 32.7 Å². The van der Waals surface area contributed by atoms with Gasteiger partial charge in [0.2, 0.25) is 0 Å². The Morgan fingerprint density at radius 1 is 1.09 bits per heavy atom. The zero-order valence-corrected chi connectivity index (χ0v) is 29.8. The minimum atomic E-state index is 0. The van der Waals surface area contributed by atoms with Gasteiger partial charge < -0.3 is 14.6 Å². The summed E-state index contributed by atoms with van der Waals surface area (Å²) < 4.78 is 0. The molecule has 33 heavy (non-hydrogen) atoms. The van der Waals surface area contributed by atoms with E-state index >= 15 is 0 Å². The molecule has 2 rings (SSSR count). The summed E-state index contributed by atoms with van der Waals surface area (Å²) in [5, 5.41) is 1.36. The number of amides is 1. The van der Waals surface area contributed by atoms with Crippen molar-refractivity contribution < 1.29 is 4.79 Å². The number of halogens is 2. The zero-order valence-electron chi connectivity index (χ0n) is 21.9. The van der Waals surface area contributed by atoms with E-state index in [0.29, 0.717) is 21.4 Å². The van der Waals surface area contributed by atoms with Crippen LogP contribution in [0.2, 0.25) is 10.0 Å². The van der Waals surface area contributed by atoms with E-state index in [-0.39, 0.29) is 0 Å². The first-order valence-corrected chi connectivity index (χ1v) is 13.2. The van der Waals surface area contributed by atoms with E-state index < -0.39 is 0 Å². The Balaban J connectivity index is 0.000000720. The summed E-state index contributed by atoms with van der Waals surface area (Å²) in [5.41, 5.74) is 1.48. The maximum Gasteiger partial charge on any atom is 0.0624 e. The molecule has 1 amide bonds. The van der Waals surface area contributed by atoms with Gasteiger partial charge in [0.15, 0.2) is 0 Å². The molecular formula is C27H45Cl2N2ORf-. The Labute approximate surface area is 207 Å². The molecule has 1 fully saturated rings. The van der Waals surface area contributed by atoms with Gasteiger partial charge in [-0.15, -0.1) is 0 Å². The monoisotopic (exact) mass is 750 g/mol. The summed E-state index contributed by atoms with van der Waals surface area (Å²) in [6.45, 7) is 19.3. The van der Waals surface area contributed by atoms with Crippen LogP contribution in [0.25, 0.3) is 0 Å². The quantitative estimate of drug-likeness (QED) is 0.219. The van der Waals surface area contributed by atoms with Gasteiger partial charge in [-0.05, 0) is 87.2 Å². The zero-order chi connectivity index (χ0) is 24.1. The molecule has 1 unspecified atom stereocenters. The van der Waals surface area contributed by atoms with Crippen molar-refractivity contribution in [3.8, 4) is 0 Å². The molecule has 1 aromatic rings. The first-order chi connectivity index (χ1) is 15.2. The number of rotatable bonds is 11. The smallest absolute Gasteiger partial charge is 0.0624 e. The number of nitrogens with zero attached hydrogens (tertiary/aromatic N) is 2. The molecule has 3 nitrogen and oxygen atoms in total. The van der Waals surface area contributed by atoms with Crippen LogP contribution < -0.4 is 0 Å². The Morgan fingerprint density at radius 3 is 2.15 bits per heavy atom. The topological polar surface area (TPSA) is 23.6 Å². The normalized spacial score (nSPS) is 15.5. The van der Waals surface area contributed by atoms with Crippen molar-refractivity contribution in [1.29, 1.82) is 0 Å². The Kier molecular flexibility index (Phi) is 15.1. The van der Waals surface area contributed by atoms with Crippen LogP contribution in [0.3, 0.4) is 0 Å². The second kappa shape index (κ2) is 16.0. The molecule has 0 bridgehead atoms. The van der Waals surface area contributed by atoms with Gasteiger partial charge in [-0.3, -0.25) is 0 Å². The molecule has 1 heterocycles. The SMILES string of the molecule is CCCN(CCC)CC(C)C(C)(C)C1CCN([C-]=O)CC1.CCCc1cccc(Cl)c1Cl.[Rf]. The largest absolute Gasteiger partial charge is 0.520 e. The second-order valence-corrected chi connectivity index (χ2v) is 10.6. The fourth-order valence-corrected chi connectivity index (χ4v) is 5.09. The summed E-state index contributed by atoms with van der Waals surface area (Å²) in [5.74, 6) is 1.41. The summed E-state index contributed by atoms with van der Waals surface area (Å²) in [4.78, 5) is 15.2. The van der Waals surface area contributed by atoms with Crippen molar-refractivity contribution in [3.63, 3.8) is 0 Å². The molecule has 0 radical (unpaired) electrons. The Bertz CT molecular complexity index is 658. The number of aryl methyl sites for hydroxylation is 1. The predicted octanol–water partition coefficient (Wildman–Crippen LogP) is 7.50. The average Bonchev–Trinajstić information content (AvgIpc) is 2.78. The van der Waals surface area contributed by atoms with Crippen LogP contribution in [0.15, 0.2) is 18.2 Å². The number of hydrogen-bond acceptors (Lipinski definition) is 2. The number of likely N-dealkylation sites (tertiary alicyclic amines) is 1. The molecule has 1 aromatic carbocycles. The van der Waals surface area contributed by atoms with Gasteiger partial charge in [-0.2, -0.15) is 6.41 Å². The first kappa shape index (κ1) is 31.2. The average molecular weight is 752 g/mol. The predicted molar refractivity (Wildman–Crippen MR) is 140 cm³/mol. The molecule has 0 aromatic heterocycles. The van der Waals surface area contributed by atoms with E-state index in [2.05, 4.69) is 46.4 Å². The van der Waals surface area contributed by atoms with Crippen molar-refractivity contribution in [2.45, 2.75) is 80.1 Å². The molecule has 1 saturated heterocycles. The Hall–Kier alpha value is -1.77. The van der Waals surface area contributed by atoms with Crippen LogP contribution in [0.4, 0.5) is 0 Å². The number of benzene rings is 1. The van der Waals surface area contributed by atoms with E-state index in [1.807, 2.05) is 24.6 Å². The number of carbonyl (C=O) groups excluding carboxylic acids is 1. The minimum absolute atomic E-state index is 0. The summed E-state index contributed by atoms with van der Waals surface area (Å²) in [6.07, 6.45) is 8.88. The molecule has 0 aliphatic carbocycles. The summed E-state index contributed by atoms with van der Waals surface area (Å²) in [7, 11) is 0. The molecular weight excluding hydrogens is 706 g/mol. The van der Waals surface area contributed by atoms with E-state index in [4.69, 9.17) is 23.2 Å². The molecule has 186 valence electrons. The van der Waals surface area contributed by atoms with Gasteiger partial charge in [-0.1, -0.05) is 83.3 Å². The van der Waals surface area contributed by atoms with Gasteiger partial charge in [0.05, 0.1) is 10.0 Å². The molecule has 0 saturated carbocycles. The molecule has 1 aliphatic heterocycles. The second-order valence-electron chi connectivity index (χ2n) is 9.84. The standard InChI is InChI=1S/C18H35N2O.C9H10Cl2.Rf/c1-6-10-19(11-7-2)14-16(3)18(4,5)17-8-12-20(15-21)13-9-17;1-2-4-7-5-3-6-8(10)9(7)11;/h16-17H,6-14H2,1-5H3;3,5-6H,2,4H2,1H3;/q-1;;. The molecule has 0 spiro atoms. The van der Waals surface area contributed by atoms with Crippen LogP contribution in [-0.4, -0.2) is 48.9 Å². The van der Waals surface area contributed by atoms with E-state index in [1.165, 1.54) is 32.5 Å². The van der Waals surface area contributed by atoms with E-state index in [9.17, 15) is 4.79 Å². The Morgan fingerprint density at radius 2 is 1.67 bits per heavy atom. The van der Waals surface area contributed by atoms with E-state index in [1.54, 1.807) is 4.90 Å². The van der Waals surface area contributed by atoms with Crippen LogP contribution in [0.1, 0.15) is 79.2 Å². The van der Waals surface area contributed by atoms with Gasteiger partial charge in [-0.25, -0.2) is 0 Å². The number of piperidine rings is 1.